The van der Waals surface area contributed by atoms with Gasteiger partial charge in [-0.1, -0.05) is 6.92 Å². The molecule has 0 bridgehead atoms. The maximum atomic E-state index is 5.69. The maximum absolute atomic E-state index is 5.69. The molecule has 1 aliphatic rings. The van der Waals surface area contributed by atoms with Crippen LogP contribution in [0.2, 0.25) is 0 Å². The van der Waals surface area contributed by atoms with E-state index in [0.29, 0.717) is 17.9 Å². The smallest absolute Gasteiger partial charge is 0.245 e. The number of hydrogen-bond donors (Lipinski definition) is 1. The number of hydrogen-bond acceptors (Lipinski definition) is 5. The van der Waals surface area contributed by atoms with Crippen molar-refractivity contribution in [3.8, 4) is 0 Å². The fourth-order valence-electron chi connectivity index (χ4n) is 1.98. The molecule has 96 valence electrons. The van der Waals surface area contributed by atoms with Crippen LogP contribution < -0.4 is 5.32 Å². The van der Waals surface area contributed by atoms with E-state index in [0.717, 1.165) is 38.8 Å². The van der Waals surface area contributed by atoms with Crippen LogP contribution in [0.3, 0.4) is 0 Å². The Labute approximate surface area is 102 Å². The summed E-state index contributed by atoms with van der Waals surface area (Å²) in [4.78, 5) is 0. The summed E-state index contributed by atoms with van der Waals surface area (Å²) in [5.41, 5.74) is 0. The summed E-state index contributed by atoms with van der Waals surface area (Å²) in [5.74, 6) is 1.34. The molecule has 1 aliphatic heterocycles. The number of nitrogens with one attached hydrogen (secondary N) is 1. The predicted octanol–water partition coefficient (Wildman–Crippen LogP) is 1.85. The Hall–Kier alpha value is -0.940. The highest BCUT2D eigenvalue weighted by atomic mass is 16.5. The van der Waals surface area contributed by atoms with E-state index >= 15 is 0 Å². The van der Waals surface area contributed by atoms with Crippen LogP contribution in [0, 0.1) is 0 Å². The molecular formula is C12H21N3O2. The highest BCUT2D eigenvalue weighted by Crippen LogP contribution is 2.31. The average Bonchev–Trinajstić information content (AvgIpc) is 2.93. The van der Waals surface area contributed by atoms with Gasteiger partial charge in [-0.2, -0.15) is 0 Å². The highest BCUT2D eigenvalue weighted by Gasteiger charge is 2.27. The van der Waals surface area contributed by atoms with Gasteiger partial charge in [0.05, 0.1) is 6.10 Å². The summed E-state index contributed by atoms with van der Waals surface area (Å²) < 4.78 is 11.3. The van der Waals surface area contributed by atoms with Crippen molar-refractivity contribution in [2.75, 3.05) is 13.1 Å². The minimum absolute atomic E-state index is 0.00912. The van der Waals surface area contributed by atoms with Crippen molar-refractivity contribution in [2.45, 2.75) is 51.7 Å². The van der Waals surface area contributed by atoms with Crippen LogP contribution in [-0.4, -0.2) is 29.4 Å². The molecule has 0 radical (unpaired) electrons. The Kier molecular flexibility index (Phi) is 4.50. The molecule has 2 unspecified atom stereocenters. The first-order chi connectivity index (χ1) is 8.29. The standard InChI is InChI=1S/C12H21N3O2/c1-3-7-13-8-6-11-14-15-12(17-11)10-5-4-9(2)16-10/h9-10,13H,3-8H2,1-2H3. The van der Waals surface area contributed by atoms with Crippen molar-refractivity contribution in [3.05, 3.63) is 11.8 Å². The molecule has 5 nitrogen and oxygen atoms in total. The van der Waals surface area contributed by atoms with E-state index in [4.69, 9.17) is 9.15 Å². The number of aromatic nitrogens is 2. The van der Waals surface area contributed by atoms with Gasteiger partial charge in [0, 0.05) is 13.0 Å². The molecule has 0 aromatic carbocycles. The van der Waals surface area contributed by atoms with Crippen molar-refractivity contribution < 1.29 is 9.15 Å². The summed E-state index contributed by atoms with van der Waals surface area (Å²) in [6.45, 7) is 6.14. The number of ether oxygens (including phenoxy) is 1. The van der Waals surface area contributed by atoms with E-state index in [2.05, 4.69) is 29.4 Å². The van der Waals surface area contributed by atoms with Crippen LogP contribution in [0.4, 0.5) is 0 Å². The van der Waals surface area contributed by atoms with Gasteiger partial charge in [0.25, 0.3) is 0 Å². The van der Waals surface area contributed by atoms with Crippen molar-refractivity contribution in [1.82, 2.24) is 15.5 Å². The molecule has 1 N–H and O–H groups in total. The molecule has 1 aromatic rings. The third-order valence-corrected chi connectivity index (χ3v) is 2.93. The molecule has 2 rings (SSSR count). The van der Waals surface area contributed by atoms with Crippen molar-refractivity contribution in [2.24, 2.45) is 0 Å². The minimum atomic E-state index is 0.00912. The zero-order valence-corrected chi connectivity index (χ0v) is 10.6. The SMILES string of the molecule is CCCNCCc1nnc(C2CCC(C)O2)o1. The van der Waals surface area contributed by atoms with Crippen LogP contribution in [0.5, 0.6) is 0 Å². The van der Waals surface area contributed by atoms with Crippen molar-refractivity contribution in [1.29, 1.82) is 0 Å². The van der Waals surface area contributed by atoms with E-state index in [1.54, 1.807) is 0 Å². The molecule has 0 saturated carbocycles. The fourth-order valence-corrected chi connectivity index (χ4v) is 1.98. The monoisotopic (exact) mass is 239 g/mol. The minimum Gasteiger partial charge on any atom is -0.422 e. The molecule has 5 heteroatoms. The fraction of sp³-hybridized carbons (Fsp3) is 0.833. The van der Waals surface area contributed by atoms with Gasteiger partial charge >= 0.3 is 0 Å². The first-order valence-corrected chi connectivity index (χ1v) is 6.48. The second kappa shape index (κ2) is 6.12. The van der Waals surface area contributed by atoms with Gasteiger partial charge in [-0.25, -0.2) is 0 Å². The lowest BCUT2D eigenvalue weighted by Crippen LogP contribution is -2.17. The van der Waals surface area contributed by atoms with Crippen LogP contribution in [0.15, 0.2) is 4.42 Å². The zero-order chi connectivity index (χ0) is 12.1. The van der Waals surface area contributed by atoms with Gasteiger partial charge < -0.3 is 14.5 Å². The maximum Gasteiger partial charge on any atom is 0.245 e. The van der Waals surface area contributed by atoms with Crippen molar-refractivity contribution >= 4 is 0 Å². The Morgan fingerprint density at radius 2 is 2.18 bits per heavy atom. The number of rotatable bonds is 6. The van der Waals surface area contributed by atoms with E-state index < -0.39 is 0 Å². The van der Waals surface area contributed by atoms with E-state index in [1.165, 1.54) is 0 Å². The lowest BCUT2D eigenvalue weighted by molar-refractivity contribution is 0.0384. The summed E-state index contributed by atoms with van der Waals surface area (Å²) in [5, 5.41) is 11.4. The third-order valence-electron chi connectivity index (χ3n) is 2.93. The molecule has 2 atom stereocenters. The predicted molar refractivity (Wildman–Crippen MR) is 63.7 cm³/mol. The topological polar surface area (TPSA) is 60.2 Å². The van der Waals surface area contributed by atoms with E-state index in [9.17, 15) is 0 Å². The molecule has 0 amide bonds. The second-order valence-corrected chi connectivity index (χ2v) is 4.55. The Bertz CT molecular complexity index is 340. The van der Waals surface area contributed by atoms with Crippen molar-refractivity contribution in [3.63, 3.8) is 0 Å². The van der Waals surface area contributed by atoms with Gasteiger partial charge in [0.1, 0.15) is 6.10 Å². The molecule has 0 spiro atoms. The van der Waals surface area contributed by atoms with Gasteiger partial charge in [-0.05, 0) is 32.7 Å². The molecule has 0 aliphatic carbocycles. The molecule has 1 saturated heterocycles. The Morgan fingerprint density at radius 1 is 1.29 bits per heavy atom. The second-order valence-electron chi connectivity index (χ2n) is 4.55. The molecule has 1 aromatic heterocycles. The number of nitrogens with zero attached hydrogens (tertiary/aromatic N) is 2. The average molecular weight is 239 g/mol. The molecule has 1 fully saturated rings. The first kappa shape index (κ1) is 12.5. The summed E-state index contributed by atoms with van der Waals surface area (Å²) >= 11 is 0. The first-order valence-electron chi connectivity index (χ1n) is 6.48. The molecule has 2 heterocycles. The Morgan fingerprint density at radius 3 is 2.88 bits per heavy atom. The molecule has 17 heavy (non-hydrogen) atoms. The van der Waals surface area contributed by atoms with Crippen LogP contribution in [-0.2, 0) is 11.2 Å². The Balaban J connectivity index is 1.79. The summed E-state index contributed by atoms with van der Waals surface area (Å²) in [6.07, 6.45) is 4.30. The highest BCUT2D eigenvalue weighted by molar-refractivity contribution is 4.90. The lowest BCUT2D eigenvalue weighted by atomic mass is 10.2. The van der Waals surface area contributed by atoms with Crippen LogP contribution >= 0.6 is 0 Å². The van der Waals surface area contributed by atoms with Crippen LogP contribution in [0.25, 0.3) is 0 Å². The van der Waals surface area contributed by atoms with Gasteiger partial charge in [0.15, 0.2) is 0 Å². The van der Waals surface area contributed by atoms with E-state index in [1.807, 2.05) is 0 Å². The lowest BCUT2D eigenvalue weighted by Gasteiger charge is -2.05. The van der Waals surface area contributed by atoms with E-state index in [-0.39, 0.29) is 6.10 Å². The zero-order valence-electron chi connectivity index (χ0n) is 10.6. The molecular weight excluding hydrogens is 218 g/mol. The quantitative estimate of drug-likeness (QED) is 0.768. The normalized spacial score (nSPS) is 24.4. The van der Waals surface area contributed by atoms with Gasteiger partial charge in [0.2, 0.25) is 11.8 Å². The van der Waals surface area contributed by atoms with Crippen LogP contribution in [0.1, 0.15) is 51.0 Å². The largest absolute Gasteiger partial charge is 0.422 e. The summed E-state index contributed by atoms with van der Waals surface area (Å²) in [7, 11) is 0. The van der Waals surface area contributed by atoms with Gasteiger partial charge in [-0.3, -0.25) is 0 Å². The van der Waals surface area contributed by atoms with Gasteiger partial charge in [-0.15, -0.1) is 10.2 Å². The third kappa shape index (κ3) is 3.51. The summed E-state index contributed by atoms with van der Waals surface area (Å²) in [6, 6.07) is 0.